The molecule has 1 saturated heterocycles. The molecule has 2 amide bonds. The van der Waals surface area contributed by atoms with Crippen LogP contribution in [0.3, 0.4) is 0 Å². The predicted octanol–water partition coefficient (Wildman–Crippen LogP) is 5.63. The number of Topliss-reactive ketones (excluding diaryl/α,β-unsaturated/α-hetero) is 1. The lowest BCUT2D eigenvalue weighted by atomic mass is 10.00. The molecule has 2 aromatic carbocycles. The minimum absolute atomic E-state index is 0.0830. The second kappa shape index (κ2) is 9.47. The Balaban J connectivity index is 1.87. The van der Waals surface area contributed by atoms with Gasteiger partial charge in [-0.3, -0.25) is 14.5 Å². The van der Waals surface area contributed by atoms with Crippen molar-refractivity contribution in [3.8, 4) is 11.1 Å². The second-order valence-electron chi connectivity index (χ2n) is 8.89. The van der Waals surface area contributed by atoms with Crippen LogP contribution >= 0.6 is 11.6 Å². The molecule has 0 aliphatic carbocycles. The molecular formula is C24H25ClF2N2O4. The highest BCUT2D eigenvalue weighted by Gasteiger charge is 2.42. The number of halogens is 3. The molecule has 0 saturated carbocycles. The van der Waals surface area contributed by atoms with E-state index >= 15 is 4.39 Å². The number of carbonyl (C=O) groups is 3. The lowest BCUT2D eigenvalue weighted by Crippen LogP contribution is -2.45. The SMILES string of the molecule is CC(=O)c1ccc(Cl)c(-c2cccc(NC(=O)[C@@H]3C[C@@H](F)CN3C(=O)OC(C)(C)C)c2F)c1. The Bertz CT molecular complexity index is 1100. The lowest BCUT2D eigenvalue weighted by Gasteiger charge is -2.27. The Labute approximate surface area is 195 Å². The van der Waals surface area contributed by atoms with Crippen molar-refractivity contribution in [2.24, 2.45) is 0 Å². The highest BCUT2D eigenvalue weighted by molar-refractivity contribution is 6.33. The Morgan fingerprint density at radius 3 is 2.48 bits per heavy atom. The molecule has 9 heteroatoms. The third-order valence-corrected chi connectivity index (χ3v) is 5.43. The first-order chi connectivity index (χ1) is 15.4. The van der Waals surface area contributed by atoms with E-state index in [9.17, 15) is 18.8 Å². The number of hydrogen-bond donors (Lipinski definition) is 1. The average molecular weight is 479 g/mol. The van der Waals surface area contributed by atoms with Gasteiger partial charge < -0.3 is 10.1 Å². The monoisotopic (exact) mass is 478 g/mol. The molecule has 1 fully saturated rings. The Morgan fingerprint density at radius 1 is 1.15 bits per heavy atom. The molecule has 0 radical (unpaired) electrons. The molecular weight excluding hydrogens is 454 g/mol. The number of amides is 2. The predicted molar refractivity (Wildman–Crippen MR) is 122 cm³/mol. The normalized spacial score (nSPS) is 18.2. The summed E-state index contributed by atoms with van der Waals surface area (Å²) in [6.07, 6.45) is -2.44. The number of anilines is 1. The summed E-state index contributed by atoms with van der Waals surface area (Å²) in [5.41, 5.74) is -0.247. The van der Waals surface area contributed by atoms with E-state index < -0.39 is 35.6 Å². The van der Waals surface area contributed by atoms with Crippen LogP contribution in [-0.4, -0.2) is 47.0 Å². The standard InChI is InChI=1S/C24H25ClF2N2O4/c1-13(30)14-8-9-18(25)17(10-14)16-6-5-7-19(21(16)27)28-22(31)20-11-15(26)12-29(20)23(32)33-24(2,3)4/h5-10,15,20H,11-12H2,1-4H3,(H,28,31)/t15-,20+/m1/s1. The van der Waals surface area contributed by atoms with E-state index in [-0.39, 0.29) is 40.6 Å². The summed E-state index contributed by atoms with van der Waals surface area (Å²) in [6, 6.07) is 7.69. The largest absolute Gasteiger partial charge is 0.444 e. The van der Waals surface area contributed by atoms with Gasteiger partial charge in [0.05, 0.1) is 12.2 Å². The van der Waals surface area contributed by atoms with Crippen LogP contribution in [0.5, 0.6) is 0 Å². The van der Waals surface area contributed by atoms with Gasteiger partial charge in [-0.25, -0.2) is 13.6 Å². The summed E-state index contributed by atoms with van der Waals surface area (Å²) < 4.78 is 34.7. The molecule has 1 aliphatic heterocycles. The molecule has 176 valence electrons. The third-order valence-electron chi connectivity index (χ3n) is 5.10. The van der Waals surface area contributed by atoms with Crippen molar-refractivity contribution >= 4 is 35.1 Å². The van der Waals surface area contributed by atoms with Crippen LogP contribution in [0.1, 0.15) is 44.5 Å². The Kier molecular flexibility index (Phi) is 7.07. The fourth-order valence-corrected chi connectivity index (χ4v) is 3.78. The topological polar surface area (TPSA) is 75.7 Å². The smallest absolute Gasteiger partial charge is 0.411 e. The van der Waals surface area contributed by atoms with Crippen LogP contribution in [-0.2, 0) is 9.53 Å². The van der Waals surface area contributed by atoms with E-state index in [2.05, 4.69) is 5.32 Å². The molecule has 0 aromatic heterocycles. The van der Waals surface area contributed by atoms with E-state index in [0.717, 1.165) is 4.90 Å². The number of carbonyl (C=O) groups excluding carboxylic acids is 3. The third kappa shape index (κ3) is 5.68. The quantitative estimate of drug-likeness (QED) is 0.577. The number of hydrogen-bond acceptors (Lipinski definition) is 4. The average Bonchev–Trinajstić information content (AvgIpc) is 3.11. The summed E-state index contributed by atoms with van der Waals surface area (Å²) >= 11 is 6.23. The van der Waals surface area contributed by atoms with Crippen molar-refractivity contribution < 1.29 is 27.9 Å². The molecule has 1 heterocycles. The molecule has 2 aromatic rings. The van der Waals surface area contributed by atoms with Crippen molar-refractivity contribution in [1.82, 2.24) is 4.90 Å². The van der Waals surface area contributed by atoms with Crippen LogP contribution in [0, 0.1) is 5.82 Å². The molecule has 2 atom stereocenters. The molecule has 6 nitrogen and oxygen atoms in total. The van der Waals surface area contributed by atoms with Crippen molar-refractivity contribution in [2.45, 2.75) is 51.9 Å². The molecule has 33 heavy (non-hydrogen) atoms. The molecule has 3 rings (SSSR count). The van der Waals surface area contributed by atoms with E-state index in [0.29, 0.717) is 5.56 Å². The van der Waals surface area contributed by atoms with Crippen LogP contribution in [0.2, 0.25) is 5.02 Å². The number of ketones is 1. The summed E-state index contributed by atoms with van der Waals surface area (Å²) in [6.45, 7) is 6.08. The molecule has 0 spiro atoms. The van der Waals surface area contributed by atoms with Crippen LogP contribution < -0.4 is 5.32 Å². The molecule has 0 unspecified atom stereocenters. The minimum atomic E-state index is -1.41. The Hall–Kier alpha value is -3.00. The molecule has 1 aliphatic rings. The number of benzene rings is 2. The molecule has 1 N–H and O–H groups in total. The van der Waals surface area contributed by atoms with E-state index in [1.165, 1.54) is 43.3 Å². The number of ether oxygens (including phenoxy) is 1. The zero-order valence-corrected chi connectivity index (χ0v) is 19.5. The van der Waals surface area contributed by atoms with Gasteiger partial charge in [-0.1, -0.05) is 23.7 Å². The maximum atomic E-state index is 15.3. The van der Waals surface area contributed by atoms with Gasteiger partial charge in [0.1, 0.15) is 17.8 Å². The number of rotatable bonds is 4. The minimum Gasteiger partial charge on any atom is -0.444 e. The van der Waals surface area contributed by atoms with Gasteiger partial charge in [0.25, 0.3) is 0 Å². The first kappa shape index (κ1) is 24.6. The van der Waals surface area contributed by atoms with Gasteiger partial charge in [-0.2, -0.15) is 0 Å². The summed E-state index contributed by atoms with van der Waals surface area (Å²) in [4.78, 5) is 38.1. The van der Waals surface area contributed by atoms with Crippen LogP contribution in [0.4, 0.5) is 19.3 Å². The fourth-order valence-electron chi connectivity index (χ4n) is 3.56. The summed E-state index contributed by atoms with van der Waals surface area (Å²) in [7, 11) is 0. The zero-order chi connectivity index (χ0) is 24.5. The maximum absolute atomic E-state index is 15.3. The summed E-state index contributed by atoms with van der Waals surface area (Å²) in [5.74, 6) is -1.71. The Morgan fingerprint density at radius 2 is 1.85 bits per heavy atom. The first-order valence-corrected chi connectivity index (χ1v) is 10.8. The van der Waals surface area contributed by atoms with Gasteiger partial charge in [-0.05, 0) is 52.0 Å². The molecule has 0 bridgehead atoms. The lowest BCUT2D eigenvalue weighted by molar-refractivity contribution is -0.120. The van der Waals surface area contributed by atoms with Crippen molar-refractivity contribution in [2.75, 3.05) is 11.9 Å². The number of alkyl halides is 1. The number of likely N-dealkylation sites (tertiary alicyclic amines) is 1. The van der Waals surface area contributed by atoms with Crippen LogP contribution in [0.15, 0.2) is 36.4 Å². The van der Waals surface area contributed by atoms with Gasteiger partial charge in [0, 0.05) is 28.1 Å². The van der Waals surface area contributed by atoms with E-state index in [4.69, 9.17) is 16.3 Å². The van der Waals surface area contributed by atoms with Crippen LogP contribution in [0.25, 0.3) is 11.1 Å². The first-order valence-electron chi connectivity index (χ1n) is 10.4. The fraction of sp³-hybridized carbons (Fsp3) is 0.375. The van der Waals surface area contributed by atoms with Gasteiger partial charge >= 0.3 is 6.09 Å². The number of nitrogens with zero attached hydrogens (tertiary/aromatic N) is 1. The van der Waals surface area contributed by atoms with Crippen molar-refractivity contribution in [3.63, 3.8) is 0 Å². The van der Waals surface area contributed by atoms with E-state index in [1.807, 2.05) is 0 Å². The summed E-state index contributed by atoms with van der Waals surface area (Å²) in [5, 5.41) is 2.68. The highest BCUT2D eigenvalue weighted by atomic mass is 35.5. The number of nitrogens with one attached hydrogen (secondary N) is 1. The second-order valence-corrected chi connectivity index (χ2v) is 9.30. The zero-order valence-electron chi connectivity index (χ0n) is 18.7. The van der Waals surface area contributed by atoms with Gasteiger partial charge in [0.15, 0.2) is 11.6 Å². The van der Waals surface area contributed by atoms with Crippen molar-refractivity contribution in [1.29, 1.82) is 0 Å². The van der Waals surface area contributed by atoms with E-state index in [1.54, 1.807) is 20.8 Å². The van der Waals surface area contributed by atoms with Crippen molar-refractivity contribution in [3.05, 3.63) is 52.8 Å². The van der Waals surface area contributed by atoms with Gasteiger partial charge in [0.2, 0.25) is 5.91 Å². The van der Waals surface area contributed by atoms with Gasteiger partial charge in [-0.15, -0.1) is 0 Å². The highest BCUT2D eigenvalue weighted by Crippen LogP contribution is 2.34. The maximum Gasteiger partial charge on any atom is 0.411 e.